The van der Waals surface area contributed by atoms with Crippen molar-refractivity contribution >= 4 is 102 Å². The SMILES string of the molecule is [BiH3].[Cd].[PbH2].[SbH3].[SnH2]. The van der Waals surface area contributed by atoms with Crippen molar-refractivity contribution in [2.75, 3.05) is 0 Å². The summed E-state index contributed by atoms with van der Waals surface area (Å²) in [5, 5.41) is 0. The van der Waals surface area contributed by atoms with E-state index in [-0.39, 0.29) is 129 Å². The van der Waals surface area contributed by atoms with Gasteiger partial charge < -0.3 is 0 Å². The van der Waals surface area contributed by atoms with Crippen molar-refractivity contribution in [2.24, 2.45) is 0 Å². The van der Waals surface area contributed by atoms with Crippen LogP contribution in [0.5, 0.6) is 0 Å². The fraction of sp³-hybridized carbons (Fsp3) is 0. The Labute approximate surface area is 126 Å². The Hall–Kier alpha value is 4.34. The van der Waals surface area contributed by atoms with Crippen molar-refractivity contribution in [1.29, 1.82) is 0 Å². The normalized spacial score (nSPS) is 0. The van der Waals surface area contributed by atoms with Crippen molar-refractivity contribution in [2.45, 2.75) is 0 Å². The second-order valence-corrected chi connectivity index (χ2v) is 0. The molecule has 0 aromatic heterocycles. The van der Waals surface area contributed by atoms with Crippen molar-refractivity contribution in [3.63, 3.8) is 0 Å². The van der Waals surface area contributed by atoms with Gasteiger partial charge in [0.25, 0.3) is 0 Å². The standard InChI is InChI=1S/Bi.Cd.Pb.Sb.Sn.10H. The van der Waals surface area contributed by atoms with E-state index in [0.29, 0.717) is 0 Å². The summed E-state index contributed by atoms with van der Waals surface area (Å²) in [5.41, 5.74) is 0. The predicted octanol–water partition coefficient (Wildman–Crippen LogP) is -4.20. The molecule has 0 aromatic rings. The third-order valence-corrected chi connectivity index (χ3v) is 0. The molecule has 0 N–H and O–H groups in total. The summed E-state index contributed by atoms with van der Waals surface area (Å²) in [6, 6.07) is 0. The predicted molar refractivity (Wildman–Crippen MR) is 37.0 cm³/mol. The van der Waals surface area contributed by atoms with Crippen LogP contribution in [0.3, 0.4) is 0 Å². The molecule has 0 spiro atoms. The molecule has 5 heavy (non-hydrogen) atoms. The zero-order valence-corrected chi connectivity index (χ0v) is 26.6. The summed E-state index contributed by atoms with van der Waals surface area (Å²) in [5.74, 6) is 0. The van der Waals surface area contributed by atoms with Crippen LogP contribution in [0.25, 0.3) is 0 Å². The van der Waals surface area contributed by atoms with Crippen LogP contribution in [0.2, 0.25) is 0 Å². The number of hydrogen-bond donors (Lipinski definition) is 0. The van der Waals surface area contributed by atoms with Gasteiger partial charge in [-0.3, -0.25) is 0 Å². The van der Waals surface area contributed by atoms with Crippen LogP contribution in [-0.4, -0.2) is 102 Å². The van der Waals surface area contributed by atoms with E-state index in [1.807, 2.05) is 0 Å². The molecule has 0 nitrogen and oxygen atoms in total. The molecule has 0 amide bonds. The van der Waals surface area contributed by atoms with Gasteiger partial charge in [0.2, 0.25) is 0 Å². The molecule has 0 saturated carbocycles. The van der Waals surface area contributed by atoms with E-state index in [4.69, 9.17) is 0 Å². The summed E-state index contributed by atoms with van der Waals surface area (Å²) in [6.45, 7) is 0. The molecule has 0 aliphatic carbocycles. The Morgan fingerprint density at radius 2 is 1.00 bits per heavy atom. The van der Waals surface area contributed by atoms with Gasteiger partial charge in [0.1, 0.15) is 0 Å². The Balaban J connectivity index is 0. The van der Waals surface area contributed by atoms with Crippen LogP contribution in [-0.2, 0) is 27.3 Å². The summed E-state index contributed by atoms with van der Waals surface area (Å²) in [4.78, 5) is 0. The van der Waals surface area contributed by atoms with Crippen molar-refractivity contribution in [3.05, 3.63) is 0 Å². The van der Waals surface area contributed by atoms with Gasteiger partial charge >= 0.3 is 102 Å². The van der Waals surface area contributed by atoms with E-state index < -0.39 is 0 Å². The van der Waals surface area contributed by atoms with Crippen molar-refractivity contribution in [3.8, 4) is 0 Å². The monoisotopic (exact) mass is 782 g/mol. The topological polar surface area (TPSA) is 0 Å². The molecular formula is H10BiCdPbSbSn. The first kappa shape index (κ1) is 34.5. The Morgan fingerprint density at radius 3 is 1.00 bits per heavy atom. The minimum atomic E-state index is 0. The number of rotatable bonds is 0. The van der Waals surface area contributed by atoms with E-state index in [9.17, 15) is 0 Å². The molecular weight excluding hydrogens is 769 g/mol. The van der Waals surface area contributed by atoms with Crippen LogP contribution >= 0.6 is 0 Å². The second kappa shape index (κ2) is 23.8. The van der Waals surface area contributed by atoms with E-state index >= 15 is 0 Å². The molecule has 0 heterocycles. The quantitative estimate of drug-likeness (QED) is 0.219. The third kappa shape index (κ3) is 17.8. The Bertz CT molecular complexity index is 11.6. The summed E-state index contributed by atoms with van der Waals surface area (Å²) in [7, 11) is 0. The summed E-state index contributed by atoms with van der Waals surface area (Å²) >= 11 is 0. The molecule has 0 rings (SSSR count). The first-order valence-corrected chi connectivity index (χ1v) is 0. The van der Waals surface area contributed by atoms with Gasteiger partial charge in [-0.1, -0.05) is 0 Å². The van der Waals surface area contributed by atoms with Gasteiger partial charge in [0.05, 0.1) is 0 Å². The molecule has 0 unspecified atom stereocenters. The average molecular weight is 779 g/mol. The zero-order valence-electron chi connectivity index (χ0n) is 3.54. The fourth-order valence-corrected chi connectivity index (χ4v) is 0. The average Bonchev–Trinajstić information content (AvgIpc) is 0. The van der Waals surface area contributed by atoms with Crippen LogP contribution in [0.4, 0.5) is 0 Å². The molecule has 0 atom stereocenters. The van der Waals surface area contributed by atoms with E-state index in [1.54, 1.807) is 0 Å². The van der Waals surface area contributed by atoms with Crippen molar-refractivity contribution < 1.29 is 27.3 Å². The van der Waals surface area contributed by atoms with Gasteiger partial charge in [-0.15, -0.1) is 0 Å². The van der Waals surface area contributed by atoms with E-state index in [2.05, 4.69) is 0 Å². The molecule has 0 aliphatic heterocycles. The maximum atomic E-state index is 0. The van der Waals surface area contributed by atoms with Crippen LogP contribution in [0.1, 0.15) is 0 Å². The molecule has 0 bridgehead atoms. The first-order valence-electron chi connectivity index (χ1n) is 0. The van der Waals surface area contributed by atoms with Gasteiger partial charge in [-0.05, 0) is 0 Å². The second-order valence-electron chi connectivity index (χ2n) is 0. The Kier molecular flexibility index (Phi) is 164. The van der Waals surface area contributed by atoms with Gasteiger partial charge in [0.15, 0.2) is 0 Å². The zero-order chi connectivity index (χ0) is 0. The summed E-state index contributed by atoms with van der Waals surface area (Å²) in [6.07, 6.45) is 0. The summed E-state index contributed by atoms with van der Waals surface area (Å²) < 4.78 is 0. The molecule has 5 heteroatoms. The molecule has 4 radical (unpaired) electrons. The van der Waals surface area contributed by atoms with Crippen LogP contribution in [0.15, 0.2) is 0 Å². The molecule has 0 aliphatic rings. The van der Waals surface area contributed by atoms with Gasteiger partial charge in [0, 0.05) is 27.3 Å². The number of hydrogen-bond acceptors (Lipinski definition) is 0. The third-order valence-electron chi connectivity index (χ3n) is 0. The van der Waals surface area contributed by atoms with E-state index in [1.165, 1.54) is 0 Å². The molecule has 30 valence electrons. The molecule has 0 aromatic carbocycles. The van der Waals surface area contributed by atoms with E-state index in [0.717, 1.165) is 0 Å². The maximum absolute atomic E-state index is 0. The molecule has 0 saturated heterocycles. The van der Waals surface area contributed by atoms with Crippen LogP contribution < -0.4 is 0 Å². The van der Waals surface area contributed by atoms with Gasteiger partial charge in [-0.25, -0.2) is 0 Å². The Morgan fingerprint density at radius 1 is 1.00 bits per heavy atom. The molecule has 0 fully saturated rings. The van der Waals surface area contributed by atoms with Crippen LogP contribution in [0, 0.1) is 0 Å². The van der Waals surface area contributed by atoms with Crippen molar-refractivity contribution in [1.82, 2.24) is 0 Å². The minimum absolute atomic E-state index is 0. The first-order chi connectivity index (χ1) is 0. The fourth-order valence-electron chi connectivity index (χ4n) is 0. The van der Waals surface area contributed by atoms with Gasteiger partial charge in [-0.2, -0.15) is 0 Å².